The minimum atomic E-state index is -1.84. The van der Waals surface area contributed by atoms with Gasteiger partial charge in [-0.2, -0.15) is 0 Å². The van der Waals surface area contributed by atoms with E-state index >= 15 is 0 Å². The van der Waals surface area contributed by atoms with Crippen molar-refractivity contribution < 1.29 is 28.6 Å². The lowest BCUT2D eigenvalue weighted by molar-refractivity contribution is -0.156. The predicted octanol–water partition coefficient (Wildman–Crippen LogP) is 4.47. The van der Waals surface area contributed by atoms with Crippen LogP contribution in [0, 0.1) is 19.3 Å². The molecule has 1 aliphatic carbocycles. The first kappa shape index (κ1) is 22.5. The number of rotatable bonds is 6. The van der Waals surface area contributed by atoms with Crippen molar-refractivity contribution in [2.24, 2.45) is 10.4 Å². The monoisotopic (exact) mass is 447 g/mol. The normalized spacial score (nSPS) is 19.9. The van der Waals surface area contributed by atoms with Gasteiger partial charge in [-0.3, -0.25) is 14.4 Å². The molecule has 0 spiro atoms. The number of ether oxygens (including phenoxy) is 3. The third-order valence-corrected chi connectivity index (χ3v) is 5.85. The van der Waals surface area contributed by atoms with Crippen LogP contribution >= 0.6 is 0 Å². The summed E-state index contributed by atoms with van der Waals surface area (Å²) in [5.41, 5.74) is 1.51. The SMILES string of the molecule is CCOC(=O)CC1(C(=O)OCC)C(=Nc2c(C)cccc2C)OC2=C1C(=O)c1ccccc12. The predicted molar refractivity (Wildman–Crippen MR) is 122 cm³/mol. The second kappa shape index (κ2) is 8.65. The van der Waals surface area contributed by atoms with Crippen molar-refractivity contribution in [1.29, 1.82) is 0 Å². The Labute approximate surface area is 192 Å². The standard InChI is InChI=1S/C26H25NO6/c1-5-31-19(28)14-26(25(30)32-6-2)20-22(29)17-12-7-8-13-18(17)23(20)33-24(26)27-21-15(3)10-9-11-16(21)4/h7-13H,5-6,14H2,1-4H3. The average molecular weight is 447 g/mol. The minimum absolute atomic E-state index is 0.0562. The summed E-state index contributed by atoms with van der Waals surface area (Å²) in [6.07, 6.45) is -0.456. The number of hydrogen-bond acceptors (Lipinski definition) is 7. The lowest BCUT2D eigenvalue weighted by atomic mass is 9.76. The summed E-state index contributed by atoms with van der Waals surface area (Å²) in [6, 6.07) is 12.6. The maximum Gasteiger partial charge on any atom is 0.327 e. The summed E-state index contributed by atoms with van der Waals surface area (Å²) >= 11 is 0. The zero-order valence-corrected chi connectivity index (χ0v) is 19.1. The van der Waals surface area contributed by atoms with Crippen LogP contribution in [-0.2, 0) is 23.8 Å². The second-order valence-electron chi connectivity index (χ2n) is 7.95. The van der Waals surface area contributed by atoms with Crippen molar-refractivity contribution in [2.75, 3.05) is 13.2 Å². The number of esters is 2. The number of carbonyl (C=O) groups is 3. The Balaban J connectivity index is 1.99. The Kier molecular flexibility index (Phi) is 5.89. The molecule has 0 amide bonds. The van der Waals surface area contributed by atoms with Crippen LogP contribution in [0.15, 0.2) is 53.0 Å². The highest BCUT2D eigenvalue weighted by Crippen LogP contribution is 2.53. The van der Waals surface area contributed by atoms with Gasteiger partial charge in [-0.25, -0.2) is 4.99 Å². The molecule has 0 fully saturated rings. The fourth-order valence-corrected chi connectivity index (χ4v) is 4.35. The maximum absolute atomic E-state index is 13.5. The molecule has 170 valence electrons. The molecule has 0 aromatic heterocycles. The molecule has 0 N–H and O–H groups in total. The van der Waals surface area contributed by atoms with Crippen molar-refractivity contribution in [3.05, 3.63) is 70.3 Å². The number of hydrogen-bond donors (Lipinski definition) is 0. The van der Waals surface area contributed by atoms with Crippen LogP contribution in [0.25, 0.3) is 5.76 Å². The summed E-state index contributed by atoms with van der Waals surface area (Å²) < 4.78 is 16.7. The third-order valence-electron chi connectivity index (χ3n) is 5.85. The lowest BCUT2D eigenvalue weighted by Crippen LogP contribution is -2.44. The molecule has 1 unspecified atom stereocenters. The number of benzene rings is 2. The Morgan fingerprint density at radius 2 is 1.58 bits per heavy atom. The topological polar surface area (TPSA) is 91.3 Å². The molecule has 2 aromatic carbocycles. The molecule has 4 rings (SSSR count). The van der Waals surface area contributed by atoms with Crippen molar-refractivity contribution in [1.82, 2.24) is 0 Å². The van der Waals surface area contributed by atoms with Crippen LogP contribution < -0.4 is 0 Å². The first-order valence-corrected chi connectivity index (χ1v) is 10.9. The van der Waals surface area contributed by atoms with Crippen LogP contribution in [-0.4, -0.2) is 36.8 Å². The molecule has 1 atom stereocenters. The number of aliphatic imine (C=N–C) groups is 1. The summed E-state index contributed by atoms with van der Waals surface area (Å²) in [7, 11) is 0. The number of ketones is 1. The zero-order valence-electron chi connectivity index (χ0n) is 19.1. The van der Waals surface area contributed by atoms with Gasteiger partial charge in [0, 0.05) is 11.1 Å². The van der Waals surface area contributed by atoms with Gasteiger partial charge < -0.3 is 14.2 Å². The van der Waals surface area contributed by atoms with Gasteiger partial charge in [0.15, 0.2) is 11.2 Å². The third kappa shape index (κ3) is 3.53. The molecule has 1 heterocycles. The van der Waals surface area contributed by atoms with Crippen LogP contribution in [0.2, 0.25) is 0 Å². The molecular formula is C26H25NO6. The summed E-state index contributed by atoms with van der Waals surface area (Å²) in [5.74, 6) is -1.63. The van der Waals surface area contributed by atoms with E-state index in [9.17, 15) is 14.4 Å². The molecule has 33 heavy (non-hydrogen) atoms. The van der Waals surface area contributed by atoms with Crippen molar-refractivity contribution in [2.45, 2.75) is 34.1 Å². The van der Waals surface area contributed by atoms with Crippen LogP contribution in [0.5, 0.6) is 0 Å². The van der Waals surface area contributed by atoms with E-state index in [0.717, 1.165) is 11.1 Å². The lowest BCUT2D eigenvalue weighted by Gasteiger charge is -2.27. The van der Waals surface area contributed by atoms with Crippen LogP contribution in [0.3, 0.4) is 0 Å². The van der Waals surface area contributed by atoms with Gasteiger partial charge in [-0.05, 0) is 38.8 Å². The molecule has 7 nitrogen and oxygen atoms in total. The number of Topliss-reactive ketones (excluding diaryl/α,β-unsaturated/α-hetero) is 1. The summed E-state index contributed by atoms with van der Waals surface area (Å²) in [4.78, 5) is 44.5. The molecule has 7 heteroatoms. The number of nitrogens with zero attached hydrogens (tertiary/aromatic N) is 1. The summed E-state index contributed by atoms with van der Waals surface area (Å²) in [6.45, 7) is 7.30. The van der Waals surface area contributed by atoms with Gasteiger partial charge in [-0.1, -0.05) is 42.5 Å². The number of carbonyl (C=O) groups excluding carboxylic acids is 3. The van der Waals surface area contributed by atoms with Crippen molar-refractivity contribution in [3.8, 4) is 0 Å². The molecular weight excluding hydrogens is 422 g/mol. The molecule has 0 radical (unpaired) electrons. The van der Waals surface area contributed by atoms with E-state index in [1.807, 2.05) is 32.0 Å². The zero-order chi connectivity index (χ0) is 23.8. The quantitative estimate of drug-likeness (QED) is 0.607. The van der Waals surface area contributed by atoms with E-state index < -0.39 is 23.8 Å². The Morgan fingerprint density at radius 3 is 2.21 bits per heavy atom. The fourth-order valence-electron chi connectivity index (χ4n) is 4.35. The fraction of sp³-hybridized carbons (Fsp3) is 0.308. The van der Waals surface area contributed by atoms with Gasteiger partial charge in [0.05, 0.1) is 30.9 Å². The largest absolute Gasteiger partial charge is 0.466 e. The Bertz CT molecular complexity index is 1200. The van der Waals surface area contributed by atoms with Gasteiger partial charge in [0.2, 0.25) is 5.90 Å². The number of para-hydroxylation sites is 1. The Hall–Kier alpha value is -3.74. The average Bonchev–Trinajstić information content (AvgIpc) is 3.25. The van der Waals surface area contributed by atoms with Crippen molar-refractivity contribution >= 4 is 35.1 Å². The van der Waals surface area contributed by atoms with Gasteiger partial charge in [0.25, 0.3) is 0 Å². The second-order valence-corrected chi connectivity index (χ2v) is 7.95. The number of fused-ring (bicyclic) bond motifs is 2. The molecule has 2 aliphatic rings. The maximum atomic E-state index is 13.5. The van der Waals surface area contributed by atoms with E-state index in [-0.39, 0.29) is 36.2 Å². The van der Waals surface area contributed by atoms with E-state index in [1.165, 1.54) is 0 Å². The molecule has 2 aromatic rings. The smallest absolute Gasteiger partial charge is 0.327 e. The molecule has 0 saturated heterocycles. The number of aryl methyl sites for hydroxylation is 2. The highest BCUT2D eigenvalue weighted by Gasteiger charge is 2.62. The molecule has 0 bridgehead atoms. The van der Waals surface area contributed by atoms with E-state index in [2.05, 4.69) is 0 Å². The highest BCUT2D eigenvalue weighted by atomic mass is 16.5. The van der Waals surface area contributed by atoms with Gasteiger partial charge in [0.1, 0.15) is 5.76 Å². The van der Waals surface area contributed by atoms with E-state index in [4.69, 9.17) is 19.2 Å². The van der Waals surface area contributed by atoms with Crippen LogP contribution in [0.4, 0.5) is 5.69 Å². The van der Waals surface area contributed by atoms with Crippen LogP contribution in [0.1, 0.15) is 47.3 Å². The molecule has 0 saturated carbocycles. The van der Waals surface area contributed by atoms with Crippen molar-refractivity contribution in [3.63, 3.8) is 0 Å². The van der Waals surface area contributed by atoms with E-state index in [0.29, 0.717) is 16.8 Å². The highest BCUT2D eigenvalue weighted by molar-refractivity contribution is 6.31. The Morgan fingerprint density at radius 1 is 0.939 bits per heavy atom. The van der Waals surface area contributed by atoms with E-state index in [1.54, 1.807) is 38.1 Å². The summed E-state index contributed by atoms with van der Waals surface area (Å²) in [5, 5.41) is 0. The first-order valence-electron chi connectivity index (χ1n) is 10.9. The molecule has 1 aliphatic heterocycles. The van der Waals surface area contributed by atoms with Gasteiger partial charge >= 0.3 is 11.9 Å². The van der Waals surface area contributed by atoms with Gasteiger partial charge in [-0.15, -0.1) is 0 Å². The minimum Gasteiger partial charge on any atom is -0.466 e. The first-order chi connectivity index (χ1) is 15.8.